The maximum Gasteiger partial charge on any atom is 0.243 e. The number of halogens is 1. The van der Waals surface area contributed by atoms with Gasteiger partial charge in [-0.25, -0.2) is 12.8 Å². The van der Waals surface area contributed by atoms with Crippen molar-refractivity contribution < 1.29 is 17.6 Å². The molecule has 0 unspecified atom stereocenters. The molecule has 7 heteroatoms. The summed E-state index contributed by atoms with van der Waals surface area (Å²) in [6.07, 6.45) is 2.84. The first-order chi connectivity index (χ1) is 13.2. The third-order valence-corrected chi connectivity index (χ3v) is 5.62. The molecule has 0 bridgehead atoms. The number of carbonyl (C=O) groups excluding carboxylic acids is 1. The van der Waals surface area contributed by atoms with Crippen LogP contribution in [-0.2, 0) is 21.2 Å². The zero-order valence-corrected chi connectivity index (χ0v) is 17.3. The maximum atomic E-state index is 12.9. The summed E-state index contributed by atoms with van der Waals surface area (Å²) in [6.45, 7) is 4.08. The van der Waals surface area contributed by atoms with Gasteiger partial charge in [-0.15, -0.1) is 0 Å². The van der Waals surface area contributed by atoms with Crippen LogP contribution in [0, 0.1) is 12.7 Å². The van der Waals surface area contributed by atoms with Crippen LogP contribution in [0.25, 0.3) is 0 Å². The molecule has 0 saturated heterocycles. The molecule has 0 radical (unpaired) electrons. The standard InChI is InChI=1S/C21H27FN2O3S/c1-4-20(24(28(3,26)27)19-9-5-7-16(2)15-19)21(25)23-14-6-8-17-10-12-18(22)13-11-17/h5,7,9-13,15,20H,4,6,8,14H2,1-3H3,(H,23,25)/t20-/m1/s1. The molecular formula is C21H27FN2O3S. The van der Waals surface area contributed by atoms with Gasteiger partial charge in [-0.1, -0.05) is 31.2 Å². The SMILES string of the molecule is CC[C@H](C(=O)NCCCc1ccc(F)cc1)N(c1cccc(C)c1)S(C)(=O)=O. The number of aryl methyl sites for hydroxylation is 2. The quantitative estimate of drug-likeness (QED) is 0.649. The van der Waals surface area contributed by atoms with Crippen LogP contribution in [0.1, 0.15) is 30.9 Å². The van der Waals surface area contributed by atoms with Crippen LogP contribution in [-0.4, -0.2) is 33.2 Å². The lowest BCUT2D eigenvalue weighted by Gasteiger charge is -2.30. The maximum absolute atomic E-state index is 12.9. The van der Waals surface area contributed by atoms with Crippen molar-refractivity contribution in [2.24, 2.45) is 0 Å². The van der Waals surface area contributed by atoms with Crippen molar-refractivity contribution in [3.63, 3.8) is 0 Å². The molecule has 0 aliphatic carbocycles. The highest BCUT2D eigenvalue weighted by Crippen LogP contribution is 2.23. The van der Waals surface area contributed by atoms with Gasteiger partial charge in [0.1, 0.15) is 11.9 Å². The van der Waals surface area contributed by atoms with E-state index in [-0.39, 0.29) is 11.7 Å². The topological polar surface area (TPSA) is 66.5 Å². The first kappa shape index (κ1) is 21.9. The number of hydrogen-bond donors (Lipinski definition) is 1. The van der Waals surface area contributed by atoms with E-state index in [4.69, 9.17) is 0 Å². The average Bonchev–Trinajstić information content (AvgIpc) is 2.63. The Morgan fingerprint density at radius 3 is 2.43 bits per heavy atom. The Morgan fingerprint density at radius 2 is 1.86 bits per heavy atom. The number of rotatable bonds is 9. The minimum Gasteiger partial charge on any atom is -0.354 e. The molecule has 1 N–H and O–H groups in total. The zero-order valence-electron chi connectivity index (χ0n) is 16.5. The van der Waals surface area contributed by atoms with E-state index in [0.29, 0.717) is 31.5 Å². The van der Waals surface area contributed by atoms with E-state index in [0.717, 1.165) is 17.4 Å². The number of nitrogens with zero attached hydrogens (tertiary/aromatic N) is 1. The summed E-state index contributed by atoms with van der Waals surface area (Å²) in [6, 6.07) is 12.5. The van der Waals surface area contributed by atoms with Crippen LogP contribution in [0.2, 0.25) is 0 Å². The van der Waals surface area contributed by atoms with Crippen molar-refractivity contribution >= 4 is 21.6 Å². The van der Waals surface area contributed by atoms with E-state index in [1.54, 1.807) is 37.3 Å². The van der Waals surface area contributed by atoms with Crippen molar-refractivity contribution in [2.75, 3.05) is 17.1 Å². The third kappa shape index (κ3) is 6.05. The van der Waals surface area contributed by atoms with Gasteiger partial charge in [0.2, 0.25) is 15.9 Å². The van der Waals surface area contributed by atoms with Crippen molar-refractivity contribution in [3.05, 3.63) is 65.5 Å². The average molecular weight is 407 g/mol. The molecule has 1 amide bonds. The third-order valence-electron chi connectivity index (χ3n) is 4.44. The highest BCUT2D eigenvalue weighted by molar-refractivity contribution is 7.92. The number of benzene rings is 2. The summed E-state index contributed by atoms with van der Waals surface area (Å²) in [7, 11) is -3.63. The molecule has 0 aromatic heterocycles. The molecule has 0 heterocycles. The Bertz CT molecular complexity index is 898. The molecule has 0 spiro atoms. The lowest BCUT2D eigenvalue weighted by molar-refractivity contribution is -0.122. The zero-order chi connectivity index (χ0) is 20.7. The van der Waals surface area contributed by atoms with Crippen molar-refractivity contribution in [2.45, 2.75) is 39.2 Å². The Balaban J connectivity index is 2.04. The van der Waals surface area contributed by atoms with Crippen LogP contribution < -0.4 is 9.62 Å². The molecule has 5 nitrogen and oxygen atoms in total. The molecular weight excluding hydrogens is 379 g/mol. The van der Waals surface area contributed by atoms with Crippen LogP contribution >= 0.6 is 0 Å². The highest BCUT2D eigenvalue weighted by Gasteiger charge is 2.31. The van der Waals surface area contributed by atoms with Gasteiger partial charge < -0.3 is 5.32 Å². The molecule has 0 saturated carbocycles. The fourth-order valence-corrected chi connectivity index (χ4v) is 4.30. The van der Waals surface area contributed by atoms with E-state index >= 15 is 0 Å². The van der Waals surface area contributed by atoms with Gasteiger partial charge in [-0.2, -0.15) is 0 Å². The van der Waals surface area contributed by atoms with Crippen molar-refractivity contribution in [1.29, 1.82) is 0 Å². The van der Waals surface area contributed by atoms with Crippen LogP contribution in [0.3, 0.4) is 0 Å². The summed E-state index contributed by atoms with van der Waals surface area (Å²) in [5.41, 5.74) is 2.39. The molecule has 0 aliphatic rings. The molecule has 2 rings (SSSR count). The molecule has 2 aromatic rings. The molecule has 28 heavy (non-hydrogen) atoms. The number of anilines is 1. The van der Waals surface area contributed by atoms with E-state index in [9.17, 15) is 17.6 Å². The summed E-state index contributed by atoms with van der Waals surface area (Å²) < 4.78 is 38.9. The van der Waals surface area contributed by atoms with Crippen LogP contribution in [0.5, 0.6) is 0 Å². The second-order valence-corrected chi connectivity index (χ2v) is 8.70. The fourth-order valence-electron chi connectivity index (χ4n) is 3.10. The number of amides is 1. The Labute approximate surface area is 166 Å². The number of nitrogens with one attached hydrogen (secondary N) is 1. The monoisotopic (exact) mass is 406 g/mol. The predicted molar refractivity (Wildman–Crippen MR) is 110 cm³/mol. The van der Waals surface area contributed by atoms with Gasteiger partial charge in [0.15, 0.2) is 0 Å². The summed E-state index contributed by atoms with van der Waals surface area (Å²) >= 11 is 0. The van der Waals surface area contributed by atoms with Crippen molar-refractivity contribution in [1.82, 2.24) is 5.32 Å². The van der Waals surface area contributed by atoms with E-state index in [2.05, 4.69) is 5.32 Å². The van der Waals surface area contributed by atoms with Crippen LogP contribution in [0.15, 0.2) is 48.5 Å². The lowest BCUT2D eigenvalue weighted by atomic mass is 10.1. The number of hydrogen-bond acceptors (Lipinski definition) is 3. The fraction of sp³-hybridized carbons (Fsp3) is 0.381. The van der Waals surface area contributed by atoms with E-state index in [1.807, 2.05) is 13.0 Å². The first-order valence-electron chi connectivity index (χ1n) is 9.30. The van der Waals surface area contributed by atoms with E-state index < -0.39 is 16.1 Å². The highest BCUT2D eigenvalue weighted by atomic mass is 32.2. The number of carbonyl (C=O) groups is 1. The lowest BCUT2D eigenvalue weighted by Crippen LogP contribution is -2.49. The molecule has 152 valence electrons. The molecule has 1 atom stereocenters. The normalized spacial score (nSPS) is 12.4. The van der Waals surface area contributed by atoms with Gasteiger partial charge in [0, 0.05) is 6.54 Å². The van der Waals surface area contributed by atoms with Gasteiger partial charge in [-0.3, -0.25) is 9.10 Å². The minimum absolute atomic E-state index is 0.278. The van der Waals surface area contributed by atoms with Gasteiger partial charge >= 0.3 is 0 Å². The van der Waals surface area contributed by atoms with Gasteiger partial charge in [0.25, 0.3) is 0 Å². The Kier molecular flexibility index (Phi) is 7.57. The largest absolute Gasteiger partial charge is 0.354 e. The smallest absolute Gasteiger partial charge is 0.243 e. The first-order valence-corrected chi connectivity index (χ1v) is 11.2. The summed E-state index contributed by atoms with van der Waals surface area (Å²) in [4.78, 5) is 12.7. The minimum atomic E-state index is -3.63. The number of sulfonamides is 1. The molecule has 0 aliphatic heterocycles. The predicted octanol–water partition coefficient (Wildman–Crippen LogP) is 3.43. The Morgan fingerprint density at radius 1 is 1.18 bits per heavy atom. The second-order valence-electron chi connectivity index (χ2n) is 6.84. The summed E-state index contributed by atoms with van der Waals surface area (Å²) in [5.74, 6) is -0.603. The van der Waals surface area contributed by atoms with Gasteiger partial charge in [-0.05, 0) is 61.6 Å². The van der Waals surface area contributed by atoms with E-state index in [1.165, 1.54) is 16.4 Å². The Hall–Kier alpha value is -2.41. The van der Waals surface area contributed by atoms with Crippen molar-refractivity contribution in [3.8, 4) is 0 Å². The second kappa shape index (κ2) is 9.68. The summed E-state index contributed by atoms with van der Waals surface area (Å²) in [5, 5.41) is 2.83. The molecule has 2 aromatic carbocycles. The van der Waals surface area contributed by atoms with Crippen LogP contribution in [0.4, 0.5) is 10.1 Å². The van der Waals surface area contributed by atoms with Gasteiger partial charge in [0.05, 0.1) is 11.9 Å². The molecule has 0 fully saturated rings.